The van der Waals surface area contributed by atoms with Crippen molar-refractivity contribution < 1.29 is 9.90 Å². The molecule has 0 radical (unpaired) electrons. The molecule has 1 aromatic rings. The fraction of sp³-hybridized carbons (Fsp3) is 0.333. The zero-order valence-electron chi connectivity index (χ0n) is 5.44. The first kappa shape index (κ1) is 7.21. The van der Waals surface area contributed by atoms with E-state index >= 15 is 0 Å². The molecule has 0 saturated carbocycles. The van der Waals surface area contributed by atoms with E-state index in [1.807, 2.05) is 0 Å². The number of carbonyl (C=O) groups is 1. The van der Waals surface area contributed by atoms with Crippen LogP contribution in [-0.4, -0.2) is 16.1 Å². The van der Waals surface area contributed by atoms with Gasteiger partial charge in [-0.05, 0) is 6.92 Å². The predicted molar refractivity (Wildman–Crippen MR) is 38.2 cm³/mol. The summed E-state index contributed by atoms with van der Waals surface area (Å²) in [6.07, 6.45) is 0. The molecule has 0 aliphatic carbocycles. The Labute approximate surface area is 62.3 Å². The highest BCUT2D eigenvalue weighted by molar-refractivity contribution is 7.07. The maximum absolute atomic E-state index is 10.4. The van der Waals surface area contributed by atoms with E-state index in [1.165, 1.54) is 11.3 Å². The van der Waals surface area contributed by atoms with Crippen molar-refractivity contribution in [3.8, 4) is 0 Å². The van der Waals surface area contributed by atoms with Crippen LogP contribution >= 0.6 is 11.3 Å². The summed E-state index contributed by atoms with van der Waals surface area (Å²) >= 11 is 1.41. The van der Waals surface area contributed by atoms with E-state index in [1.54, 1.807) is 17.8 Å². The number of nitrogens with zero attached hydrogens (tertiary/aromatic N) is 1. The minimum absolute atomic E-state index is 0.480. The maximum Gasteiger partial charge on any atom is 0.312 e. The smallest absolute Gasteiger partial charge is 0.312 e. The quantitative estimate of drug-likeness (QED) is 0.704. The van der Waals surface area contributed by atoms with Gasteiger partial charge in [-0.1, -0.05) is 0 Å². The second-order valence-electron chi connectivity index (χ2n) is 1.97. The maximum atomic E-state index is 10.4. The summed E-state index contributed by atoms with van der Waals surface area (Å²) < 4.78 is 0. The van der Waals surface area contributed by atoms with Crippen molar-refractivity contribution in [2.75, 3.05) is 0 Å². The van der Waals surface area contributed by atoms with Crippen LogP contribution in [0.4, 0.5) is 0 Å². The Kier molecular flexibility index (Phi) is 2.01. The minimum atomic E-state index is -0.828. The summed E-state index contributed by atoms with van der Waals surface area (Å²) in [4.78, 5) is 14.2. The Morgan fingerprint density at radius 3 is 3.00 bits per heavy atom. The summed E-state index contributed by atoms with van der Waals surface area (Å²) in [5.74, 6) is -1.31. The molecule has 54 valence electrons. The van der Waals surface area contributed by atoms with Crippen LogP contribution < -0.4 is 0 Å². The molecular weight excluding hydrogens is 150 g/mol. The first-order chi connectivity index (χ1) is 4.72. The lowest BCUT2D eigenvalue weighted by Gasteiger charge is -1.98. The highest BCUT2D eigenvalue weighted by Crippen LogP contribution is 2.14. The van der Waals surface area contributed by atoms with Crippen molar-refractivity contribution in [1.82, 2.24) is 4.98 Å². The topological polar surface area (TPSA) is 50.2 Å². The standard InChI is InChI=1S/C6H7NO2S/c1-4(6(8)9)5-2-10-3-7-5/h2-4H,1H3,(H,8,9)/t4-/m0/s1. The average Bonchev–Trinajstić information content (AvgIpc) is 2.36. The number of carboxylic acid groups (broad SMARTS) is 1. The lowest BCUT2D eigenvalue weighted by atomic mass is 10.1. The monoisotopic (exact) mass is 157 g/mol. The third kappa shape index (κ3) is 1.33. The van der Waals surface area contributed by atoms with E-state index in [0.29, 0.717) is 5.69 Å². The molecule has 1 rings (SSSR count). The molecule has 1 aromatic heterocycles. The molecular formula is C6H7NO2S. The molecule has 0 bridgehead atoms. The van der Waals surface area contributed by atoms with Gasteiger partial charge in [-0.25, -0.2) is 4.98 Å². The van der Waals surface area contributed by atoms with Gasteiger partial charge in [-0.15, -0.1) is 11.3 Å². The van der Waals surface area contributed by atoms with Crippen molar-refractivity contribution in [1.29, 1.82) is 0 Å². The Morgan fingerprint density at radius 1 is 1.90 bits per heavy atom. The fourth-order valence-corrected chi connectivity index (χ4v) is 1.21. The van der Waals surface area contributed by atoms with Crippen molar-refractivity contribution >= 4 is 17.3 Å². The van der Waals surface area contributed by atoms with E-state index in [2.05, 4.69) is 4.98 Å². The molecule has 1 N–H and O–H groups in total. The number of rotatable bonds is 2. The first-order valence-electron chi connectivity index (χ1n) is 2.82. The van der Waals surface area contributed by atoms with Gasteiger partial charge in [0.25, 0.3) is 0 Å². The molecule has 0 saturated heterocycles. The van der Waals surface area contributed by atoms with Gasteiger partial charge in [-0.3, -0.25) is 4.79 Å². The molecule has 0 amide bonds. The van der Waals surface area contributed by atoms with E-state index in [9.17, 15) is 4.79 Å². The van der Waals surface area contributed by atoms with Crippen LogP contribution in [0.1, 0.15) is 18.5 Å². The van der Waals surface area contributed by atoms with Crippen LogP contribution in [0.5, 0.6) is 0 Å². The van der Waals surface area contributed by atoms with Crippen molar-refractivity contribution in [3.63, 3.8) is 0 Å². The molecule has 3 nitrogen and oxygen atoms in total. The summed E-state index contributed by atoms with van der Waals surface area (Å²) in [7, 11) is 0. The molecule has 1 atom stereocenters. The Hall–Kier alpha value is -0.900. The van der Waals surface area contributed by atoms with Gasteiger partial charge in [0.05, 0.1) is 17.1 Å². The van der Waals surface area contributed by atoms with Gasteiger partial charge in [-0.2, -0.15) is 0 Å². The zero-order valence-corrected chi connectivity index (χ0v) is 6.26. The van der Waals surface area contributed by atoms with Crippen LogP contribution in [0.3, 0.4) is 0 Å². The van der Waals surface area contributed by atoms with Gasteiger partial charge in [0.15, 0.2) is 0 Å². The molecule has 0 fully saturated rings. The third-order valence-electron chi connectivity index (χ3n) is 1.27. The van der Waals surface area contributed by atoms with Gasteiger partial charge in [0.2, 0.25) is 0 Å². The molecule has 0 spiro atoms. The van der Waals surface area contributed by atoms with E-state index in [0.717, 1.165) is 0 Å². The normalized spacial score (nSPS) is 12.9. The van der Waals surface area contributed by atoms with Gasteiger partial charge < -0.3 is 5.11 Å². The Balaban J connectivity index is 2.77. The van der Waals surface area contributed by atoms with Crippen LogP contribution in [0.2, 0.25) is 0 Å². The number of thiazole rings is 1. The first-order valence-corrected chi connectivity index (χ1v) is 3.77. The number of hydrogen-bond acceptors (Lipinski definition) is 3. The highest BCUT2D eigenvalue weighted by Gasteiger charge is 2.14. The lowest BCUT2D eigenvalue weighted by Crippen LogP contribution is -2.07. The number of aromatic nitrogens is 1. The summed E-state index contributed by atoms with van der Waals surface area (Å²) in [5, 5.41) is 10.3. The minimum Gasteiger partial charge on any atom is -0.481 e. The third-order valence-corrected chi connectivity index (χ3v) is 1.87. The second kappa shape index (κ2) is 2.79. The lowest BCUT2D eigenvalue weighted by molar-refractivity contribution is -0.138. The zero-order chi connectivity index (χ0) is 7.56. The van der Waals surface area contributed by atoms with Crippen LogP contribution in [0.15, 0.2) is 10.9 Å². The number of carboxylic acids is 1. The van der Waals surface area contributed by atoms with Crippen molar-refractivity contribution in [3.05, 3.63) is 16.6 Å². The summed E-state index contributed by atoms with van der Waals surface area (Å²) in [6, 6.07) is 0. The van der Waals surface area contributed by atoms with Gasteiger partial charge in [0.1, 0.15) is 0 Å². The predicted octanol–water partition coefficient (Wildman–Crippen LogP) is 1.33. The molecule has 0 unspecified atom stereocenters. The molecule has 4 heteroatoms. The SMILES string of the molecule is C[C@H](C(=O)O)c1cscn1. The number of aliphatic carboxylic acids is 1. The van der Waals surface area contributed by atoms with E-state index in [-0.39, 0.29) is 0 Å². The largest absolute Gasteiger partial charge is 0.481 e. The van der Waals surface area contributed by atoms with Crippen LogP contribution in [0, 0.1) is 0 Å². The van der Waals surface area contributed by atoms with Gasteiger partial charge in [0, 0.05) is 5.38 Å². The number of hydrogen-bond donors (Lipinski definition) is 1. The van der Waals surface area contributed by atoms with Crippen molar-refractivity contribution in [2.45, 2.75) is 12.8 Å². The Morgan fingerprint density at radius 2 is 2.60 bits per heavy atom. The van der Waals surface area contributed by atoms with Crippen molar-refractivity contribution in [2.24, 2.45) is 0 Å². The average molecular weight is 157 g/mol. The summed E-state index contributed by atoms with van der Waals surface area (Å²) in [6.45, 7) is 1.62. The van der Waals surface area contributed by atoms with Gasteiger partial charge >= 0.3 is 5.97 Å². The highest BCUT2D eigenvalue weighted by atomic mass is 32.1. The molecule has 0 aromatic carbocycles. The molecule has 1 heterocycles. The second-order valence-corrected chi connectivity index (χ2v) is 2.69. The summed E-state index contributed by atoms with van der Waals surface area (Å²) in [5.41, 5.74) is 2.27. The van der Waals surface area contributed by atoms with Crippen LogP contribution in [-0.2, 0) is 4.79 Å². The van der Waals surface area contributed by atoms with Crippen LogP contribution in [0.25, 0.3) is 0 Å². The Bertz CT molecular complexity index is 220. The molecule has 0 aliphatic rings. The fourth-order valence-electron chi connectivity index (χ4n) is 0.562. The molecule has 0 aliphatic heterocycles. The molecule has 10 heavy (non-hydrogen) atoms. The van der Waals surface area contributed by atoms with E-state index < -0.39 is 11.9 Å². The van der Waals surface area contributed by atoms with E-state index in [4.69, 9.17) is 5.11 Å².